The van der Waals surface area contributed by atoms with E-state index in [0.29, 0.717) is 33.8 Å². The minimum atomic E-state index is -0.686. The highest BCUT2D eigenvalue weighted by Crippen LogP contribution is 2.39. The van der Waals surface area contributed by atoms with Crippen LogP contribution in [0.2, 0.25) is 5.02 Å². The second-order valence-electron chi connectivity index (χ2n) is 8.78. The number of pyridine rings is 1. The van der Waals surface area contributed by atoms with E-state index in [-0.39, 0.29) is 42.6 Å². The van der Waals surface area contributed by atoms with E-state index >= 15 is 0 Å². The average Bonchev–Trinajstić information content (AvgIpc) is 3.08. The smallest absolute Gasteiger partial charge is 0.255 e. The van der Waals surface area contributed by atoms with Gasteiger partial charge in [-0.2, -0.15) is 0 Å². The molecule has 0 bridgehead atoms. The normalized spacial score (nSPS) is 21.3. The van der Waals surface area contributed by atoms with Gasteiger partial charge in [-0.05, 0) is 61.1 Å². The van der Waals surface area contributed by atoms with Crippen LogP contribution in [-0.4, -0.2) is 39.6 Å². The molecule has 170 valence electrons. The van der Waals surface area contributed by atoms with Gasteiger partial charge in [0.25, 0.3) is 11.8 Å². The van der Waals surface area contributed by atoms with Crippen LogP contribution < -0.4 is 10.6 Å². The summed E-state index contributed by atoms with van der Waals surface area (Å²) in [5, 5.41) is 5.91. The van der Waals surface area contributed by atoms with Crippen molar-refractivity contribution in [3.63, 3.8) is 0 Å². The van der Waals surface area contributed by atoms with Crippen LogP contribution in [0.3, 0.4) is 0 Å². The summed E-state index contributed by atoms with van der Waals surface area (Å²) in [6, 6.07) is 7.52. The number of hydrogen-bond acceptors (Lipinski definition) is 5. The van der Waals surface area contributed by atoms with E-state index in [4.69, 9.17) is 11.6 Å². The molecule has 1 aliphatic carbocycles. The Kier molecular flexibility index (Phi) is 5.62. The van der Waals surface area contributed by atoms with Crippen LogP contribution in [-0.2, 0) is 16.1 Å². The molecule has 4 amide bonds. The predicted octanol–water partition coefficient (Wildman–Crippen LogP) is 2.77. The minimum absolute atomic E-state index is 0.197. The highest BCUT2D eigenvalue weighted by molar-refractivity contribution is 6.31. The van der Waals surface area contributed by atoms with Gasteiger partial charge in [0, 0.05) is 30.3 Å². The van der Waals surface area contributed by atoms with Crippen molar-refractivity contribution < 1.29 is 19.2 Å². The molecule has 3 heterocycles. The van der Waals surface area contributed by atoms with Gasteiger partial charge in [0.2, 0.25) is 11.8 Å². The Labute approximate surface area is 195 Å². The zero-order valence-corrected chi connectivity index (χ0v) is 18.6. The molecule has 8 nitrogen and oxygen atoms in total. The summed E-state index contributed by atoms with van der Waals surface area (Å²) in [4.78, 5) is 55.6. The molecular formula is C24H23ClN4O4. The third-order valence-electron chi connectivity index (χ3n) is 6.78. The van der Waals surface area contributed by atoms with Crippen LogP contribution in [0.4, 0.5) is 0 Å². The Morgan fingerprint density at radius 3 is 2.70 bits per heavy atom. The lowest BCUT2D eigenvalue weighted by Gasteiger charge is -2.34. The number of rotatable bonds is 5. The first-order chi connectivity index (χ1) is 15.9. The number of piperidine rings is 1. The molecule has 5 rings (SSSR count). The molecule has 1 unspecified atom stereocenters. The molecular weight excluding hydrogens is 444 g/mol. The van der Waals surface area contributed by atoms with Gasteiger partial charge in [0.05, 0.1) is 16.8 Å². The monoisotopic (exact) mass is 466 g/mol. The Balaban J connectivity index is 1.35. The van der Waals surface area contributed by atoms with Gasteiger partial charge >= 0.3 is 0 Å². The number of aromatic nitrogens is 1. The summed E-state index contributed by atoms with van der Waals surface area (Å²) >= 11 is 6.37. The lowest BCUT2D eigenvalue weighted by atomic mass is 9.78. The molecule has 1 saturated carbocycles. The fourth-order valence-corrected chi connectivity index (χ4v) is 4.99. The van der Waals surface area contributed by atoms with Gasteiger partial charge in [-0.15, -0.1) is 0 Å². The standard InChI is InChI=1S/C24H23ClN4O4/c25-17-5-2-10-26-21(17)20(13-3-1-4-13)28-22(31)14-6-7-16-15(11-14)12-29(24(16)33)18-8-9-19(30)27-23(18)32/h2,5-7,10-11,13,18,20H,1,3-4,8-9,12H2,(H,28,31)(H,27,30,32)/t18?,20-/m0/s1. The molecule has 2 aliphatic heterocycles. The lowest BCUT2D eigenvalue weighted by molar-refractivity contribution is -0.136. The van der Waals surface area contributed by atoms with Crippen LogP contribution in [0, 0.1) is 5.92 Å². The largest absolute Gasteiger partial charge is 0.343 e. The molecule has 2 fully saturated rings. The molecule has 1 aromatic carbocycles. The van der Waals surface area contributed by atoms with E-state index in [2.05, 4.69) is 15.6 Å². The van der Waals surface area contributed by atoms with Gasteiger partial charge in [-0.3, -0.25) is 29.5 Å². The van der Waals surface area contributed by atoms with Crippen molar-refractivity contribution in [2.24, 2.45) is 5.92 Å². The van der Waals surface area contributed by atoms with Crippen molar-refractivity contribution in [3.8, 4) is 0 Å². The number of imide groups is 1. The maximum absolute atomic E-state index is 13.2. The fourth-order valence-electron chi connectivity index (χ4n) is 4.75. The number of benzene rings is 1. The Bertz CT molecular complexity index is 1160. The number of fused-ring (bicyclic) bond motifs is 1. The van der Waals surface area contributed by atoms with Crippen molar-refractivity contribution in [1.29, 1.82) is 0 Å². The molecule has 3 aliphatic rings. The summed E-state index contributed by atoms with van der Waals surface area (Å²) in [7, 11) is 0. The zero-order chi connectivity index (χ0) is 23.1. The topological polar surface area (TPSA) is 108 Å². The van der Waals surface area contributed by atoms with Crippen molar-refractivity contribution in [3.05, 3.63) is 63.9 Å². The second-order valence-corrected chi connectivity index (χ2v) is 9.19. The van der Waals surface area contributed by atoms with Gasteiger partial charge in [0.1, 0.15) is 6.04 Å². The Hall–Kier alpha value is -3.26. The maximum atomic E-state index is 13.2. The van der Waals surface area contributed by atoms with E-state index in [1.807, 2.05) is 0 Å². The SMILES string of the molecule is O=C1CCC(N2Cc3cc(C(=O)N[C@H](c4ncccc4Cl)C4CCC4)ccc3C2=O)C(=O)N1. The van der Waals surface area contributed by atoms with Crippen LogP contribution in [0.25, 0.3) is 0 Å². The summed E-state index contributed by atoms with van der Waals surface area (Å²) in [6.07, 6.45) is 5.27. The highest BCUT2D eigenvalue weighted by atomic mass is 35.5. The third-order valence-corrected chi connectivity index (χ3v) is 7.09. The number of amides is 4. The van der Waals surface area contributed by atoms with Crippen LogP contribution >= 0.6 is 11.6 Å². The summed E-state index contributed by atoms with van der Waals surface area (Å²) in [5.41, 5.74) is 2.26. The van der Waals surface area contributed by atoms with Gasteiger partial charge in [-0.1, -0.05) is 18.0 Å². The van der Waals surface area contributed by atoms with E-state index < -0.39 is 11.9 Å². The number of carbonyl (C=O) groups is 4. The van der Waals surface area contributed by atoms with E-state index in [1.165, 1.54) is 4.90 Å². The third kappa shape index (κ3) is 3.99. The molecule has 2 atom stereocenters. The lowest BCUT2D eigenvalue weighted by Crippen LogP contribution is -2.52. The molecule has 2 N–H and O–H groups in total. The predicted molar refractivity (Wildman–Crippen MR) is 119 cm³/mol. The summed E-state index contributed by atoms with van der Waals surface area (Å²) < 4.78 is 0. The van der Waals surface area contributed by atoms with E-state index in [1.54, 1.807) is 36.5 Å². The first-order valence-corrected chi connectivity index (χ1v) is 11.5. The van der Waals surface area contributed by atoms with Gasteiger partial charge in [-0.25, -0.2) is 0 Å². The van der Waals surface area contributed by atoms with Gasteiger partial charge < -0.3 is 10.2 Å². The first kappa shape index (κ1) is 21.6. The number of hydrogen-bond donors (Lipinski definition) is 2. The molecule has 1 saturated heterocycles. The van der Waals surface area contributed by atoms with E-state index in [9.17, 15) is 19.2 Å². The second kappa shape index (κ2) is 8.59. The Morgan fingerprint density at radius 1 is 1.18 bits per heavy atom. The Morgan fingerprint density at radius 2 is 2.00 bits per heavy atom. The van der Waals surface area contributed by atoms with Crippen molar-refractivity contribution in [2.75, 3.05) is 0 Å². The fraction of sp³-hybridized carbons (Fsp3) is 0.375. The zero-order valence-electron chi connectivity index (χ0n) is 17.8. The van der Waals surface area contributed by atoms with Crippen LogP contribution in [0.1, 0.15) is 70.1 Å². The summed E-state index contributed by atoms with van der Waals surface area (Å²) in [5.74, 6) is -1.03. The molecule has 0 radical (unpaired) electrons. The first-order valence-electron chi connectivity index (χ1n) is 11.1. The summed E-state index contributed by atoms with van der Waals surface area (Å²) in [6.45, 7) is 0.222. The number of halogens is 1. The quantitative estimate of drug-likeness (QED) is 0.659. The molecule has 2 aromatic rings. The molecule has 0 spiro atoms. The van der Waals surface area contributed by atoms with Crippen LogP contribution in [0.15, 0.2) is 36.5 Å². The molecule has 9 heteroatoms. The number of carbonyl (C=O) groups excluding carboxylic acids is 4. The highest BCUT2D eigenvalue weighted by Gasteiger charge is 2.39. The molecule has 1 aromatic heterocycles. The van der Waals surface area contributed by atoms with Crippen molar-refractivity contribution >= 4 is 35.2 Å². The van der Waals surface area contributed by atoms with E-state index in [0.717, 1.165) is 19.3 Å². The number of nitrogens with one attached hydrogen (secondary N) is 2. The average molecular weight is 467 g/mol. The number of nitrogens with zero attached hydrogens (tertiary/aromatic N) is 2. The minimum Gasteiger partial charge on any atom is -0.343 e. The van der Waals surface area contributed by atoms with Gasteiger partial charge in [0.15, 0.2) is 0 Å². The van der Waals surface area contributed by atoms with Crippen molar-refractivity contribution in [2.45, 2.75) is 50.7 Å². The van der Waals surface area contributed by atoms with Crippen LogP contribution in [0.5, 0.6) is 0 Å². The van der Waals surface area contributed by atoms with Crippen molar-refractivity contribution in [1.82, 2.24) is 20.5 Å². The maximum Gasteiger partial charge on any atom is 0.255 e. The molecule has 33 heavy (non-hydrogen) atoms.